The molecule has 1 N–H and O–H groups in total. The average molecular weight is 355 g/mol. The summed E-state index contributed by atoms with van der Waals surface area (Å²) < 4.78 is 35.6. The number of benzene rings is 1. The van der Waals surface area contributed by atoms with Crippen LogP contribution in [0.2, 0.25) is 0 Å². The van der Waals surface area contributed by atoms with E-state index < -0.39 is 16.1 Å². The molecule has 136 valence electrons. The van der Waals surface area contributed by atoms with Gasteiger partial charge in [-0.1, -0.05) is 63.7 Å². The molecule has 0 saturated carbocycles. The van der Waals surface area contributed by atoms with Crippen LogP contribution in [0.4, 0.5) is 0 Å². The Morgan fingerprint density at radius 3 is 2.38 bits per heavy atom. The number of aryl methyl sites for hydroxylation is 1. The van der Waals surface area contributed by atoms with E-state index in [9.17, 15) is 8.42 Å². The highest BCUT2D eigenvalue weighted by atomic mass is 32.2. The molecule has 0 spiro atoms. The molecule has 0 radical (unpaired) electrons. The first kappa shape index (κ1) is 20.7. The van der Waals surface area contributed by atoms with Gasteiger partial charge in [-0.25, -0.2) is 0 Å². The van der Waals surface area contributed by atoms with Crippen molar-refractivity contribution in [1.29, 1.82) is 0 Å². The Balaban J connectivity index is 2.53. The molecule has 0 bridgehead atoms. The molecule has 24 heavy (non-hydrogen) atoms. The van der Waals surface area contributed by atoms with Crippen LogP contribution in [0.1, 0.15) is 69.9 Å². The zero-order valence-electron chi connectivity index (χ0n) is 14.8. The molecular weight excluding hydrogens is 324 g/mol. The molecule has 1 rings (SSSR count). The highest BCUT2D eigenvalue weighted by molar-refractivity contribution is 7.85. The zero-order chi connectivity index (χ0) is 17.8. The van der Waals surface area contributed by atoms with E-state index >= 15 is 0 Å². The second-order valence-corrected chi connectivity index (χ2v) is 7.49. The molecule has 1 aromatic rings. The Morgan fingerprint density at radius 1 is 1.08 bits per heavy atom. The van der Waals surface area contributed by atoms with Crippen molar-refractivity contribution in [2.75, 3.05) is 5.94 Å². The molecular formula is C19H30O4S. The standard InChI is InChI=1S/C19H30O4S/c1-3-5-6-7-8-9-10-12-17-13-14-19(18(15-17)11-4-2)23-16-24(20,21)22/h4,11,13-15H,3,5-10,12,16H2,1-2H3,(H,20,21,22)/b11-4+. The van der Waals surface area contributed by atoms with Gasteiger partial charge in [-0.3, -0.25) is 4.55 Å². The van der Waals surface area contributed by atoms with E-state index in [0.717, 1.165) is 18.4 Å². The van der Waals surface area contributed by atoms with Crippen molar-refractivity contribution in [2.24, 2.45) is 0 Å². The third-order valence-corrected chi connectivity index (χ3v) is 4.27. The summed E-state index contributed by atoms with van der Waals surface area (Å²) in [6.07, 6.45) is 13.7. The minimum absolute atomic E-state index is 0.467. The van der Waals surface area contributed by atoms with Crippen molar-refractivity contribution in [1.82, 2.24) is 0 Å². The van der Waals surface area contributed by atoms with Crippen molar-refractivity contribution in [3.05, 3.63) is 35.4 Å². The first-order chi connectivity index (χ1) is 11.5. The van der Waals surface area contributed by atoms with Gasteiger partial charge in [0.1, 0.15) is 5.75 Å². The van der Waals surface area contributed by atoms with Crippen LogP contribution in [-0.4, -0.2) is 18.9 Å². The van der Waals surface area contributed by atoms with E-state index in [4.69, 9.17) is 9.29 Å². The molecule has 0 amide bonds. The van der Waals surface area contributed by atoms with E-state index in [1.165, 1.54) is 44.1 Å². The SMILES string of the molecule is C/C=C/c1cc(CCCCCCCCC)ccc1OCS(=O)(=O)O. The Labute approximate surface area is 146 Å². The Hall–Kier alpha value is -1.33. The molecule has 0 saturated heterocycles. The van der Waals surface area contributed by atoms with Crippen LogP contribution in [0.15, 0.2) is 24.3 Å². The molecule has 0 atom stereocenters. The van der Waals surface area contributed by atoms with E-state index in [2.05, 4.69) is 6.92 Å². The highest BCUT2D eigenvalue weighted by Gasteiger charge is 2.09. The smallest absolute Gasteiger partial charge is 0.300 e. The molecule has 0 aliphatic heterocycles. The number of allylic oxidation sites excluding steroid dienone is 1. The molecule has 1 aromatic carbocycles. The van der Waals surface area contributed by atoms with Crippen molar-refractivity contribution in [3.63, 3.8) is 0 Å². The molecule has 0 aliphatic rings. The Morgan fingerprint density at radius 2 is 1.75 bits per heavy atom. The van der Waals surface area contributed by atoms with E-state index in [1.807, 2.05) is 31.2 Å². The fourth-order valence-corrected chi connectivity index (χ4v) is 2.89. The average Bonchev–Trinajstić information content (AvgIpc) is 2.52. The van der Waals surface area contributed by atoms with Gasteiger partial charge >= 0.3 is 10.1 Å². The third-order valence-electron chi connectivity index (χ3n) is 3.85. The van der Waals surface area contributed by atoms with Gasteiger partial charge in [0.05, 0.1) is 0 Å². The van der Waals surface area contributed by atoms with Gasteiger partial charge in [0.25, 0.3) is 0 Å². The molecule has 0 fully saturated rings. The number of rotatable bonds is 12. The van der Waals surface area contributed by atoms with Gasteiger partial charge in [0.2, 0.25) is 5.94 Å². The summed E-state index contributed by atoms with van der Waals surface area (Å²) in [5, 5.41) is 0. The largest absolute Gasteiger partial charge is 0.475 e. The van der Waals surface area contributed by atoms with Crippen LogP contribution < -0.4 is 4.74 Å². The van der Waals surface area contributed by atoms with Crippen molar-refractivity contribution >= 4 is 16.2 Å². The van der Waals surface area contributed by atoms with Crippen molar-refractivity contribution < 1.29 is 17.7 Å². The monoisotopic (exact) mass is 354 g/mol. The molecule has 0 aromatic heterocycles. The lowest BCUT2D eigenvalue weighted by atomic mass is 10.0. The first-order valence-corrected chi connectivity index (χ1v) is 10.4. The van der Waals surface area contributed by atoms with Gasteiger partial charge in [-0.15, -0.1) is 0 Å². The summed E-state index contributed by atoms with van der Waals surface area (Å²) >= 11 is 0. The second-order valence-electron chi connectivity index (χ2n) is 6.09. The van der Waals surface area contributed by atoms with Gasteiger partial charge in [0, 0.05) is 5.56 Å². The Bertz CT molecular complexity index is 606. The van der Waals surface area contributed by atoms with Gasteiger partial charge < -0.3 is 4.74 Å². The predicted molar refractivity (Wildman–Crippen MR) is 99.9 cm³/mol. The maximum absolute atomic E-state index is 10.8. The van der Waals surface area contributed by atoms with E-state index in [1.54, 1.807) is 6.07 Å². The molecule has 0 unspecified atom stereocenters. The summed E-state index contributed by atoms with van der Waals surface area (Å²) in [7, 11) is -4.14. The lowest BCUT2D eigenvalue weighted by Gasteiger charge is -2.10. The quantitative estimate of drug-likeness (QED) is 0.412. The normalized spacial score (nSPS) is 12.0. The van der Waals surface area contributed by atoms with Crippen LogP contribution in [-0.2, 0) is 16.5 Å². The topological polar surface area (TPSA) is 63.6 Å². The van der Waals surface area contributed by atoms with Crippen molar-refractivity contribution in [3.8, 4) is 5.75 Å². The number of hydrogen-bond acceptors (Lipinski definition) is 3. The van der Waals surface area contributed by atoms with Gasteiger partial charge in [-0.2, -0.15) is 8.42 Å². The lowest BCUT2D eigenvalue weighted by Crippen LogP contribution is -2.11. The fourth-order valence-electron chi connectivity index (χ4n) is 2.62. The molecule has 0 aliphatic carbocycles. The van der Waals surface area contributed by atoms with E-state index in [0.29, 0.717) is 5.75 Å². The maximum Gasteiger partial charge on any atom is 0.300 e. The zero-order valence-corrected chi connectivity index (χ0v) is 15.6. The third kappa shape index (κ3) is 9.08. The molecule has 0 heterocycles. The summed E-state index contributed by atoms with van der Waals surface area (Å²) in [6, 6.07) is 5.76. The van der Waals surface area contributed by atoms with Gasteiger partial charge in [0.15, 0.2) is 0 Å². The number of ether oxygens (including phenoxy) is 1. The fraction of sp³-hybridized carbons (Fsp3) is 0.579. The first-order valence-electron chi connectivity index (χ1n) is 8.80. The number of hydrogen-bond donors (Lipinski definition) is 1. The summed E-state index contributed by atoms with van der Waals surface area (Å²) in [4.78, 5) is 0. The summed E-state index contributed by atoms with van der Waals surface area (Å²) in [6.45, 7) is 4.13. The van der Waals surface area contributed by atoms with Crippen LogP contribution in [0.3, 0.4) is 0 Å². The van der Waals surface area contributed by atoms with Crippen molar-refractivity contribution in [2.45, 2.75) is 65.2 Å². The Kier molecular flexibility index (Phi) is 9.72. The minimum Gasteiger partial charge on any atom is -0.475 e. The molecule has 4 nitrogen and oxygen atoms in total. The van der Waals surface area contributed by atoms with Crippen LogP contribution >= 0.6 is 0 Å². The van der Waals surface area contributed by atoms with E-state index in [-0.39, 0.29) is 0 Å². The summed E-state index contributed by atoms with van der Waals surface area (Å²) in [5.41, 5.74) is 2.05. The molecule has 5 heteroatoms. The second kappa shape index (κ2) is 11.3. The highest BCUT2D eigenvalue weighted by Crippen LogP contribution is 2.23. The minimum atomic E-state index is -4.14. The van der Waals surface area contributed by atoms with Crippen LogP contribution in [0.5, 0.6) is 5.75 Å². The maximum atomic E-state index is 10.8. The predicted octanol–water partition coefficient (Wildman–Crippen LogP) is 5.24. The summed E-state index contributed by atoms with van der Waals surface area (Å²) in [5.74, 6) is -0.261. The van der Waals surface area contributed by atoms with Crippen LogP contribution in [0, 0.1) is 0 Å². The number of unbranched alkanes of at least 4 members (excludes halogenated alkanes) is 6. The lowest BCUT2D eigenvalue weighted by molar-refractivity contribution is 0.352. The van der Waals surface area contributed by atoms with Gasteiger partial charge in [-0.05, 0) is 37.5 Å². The van der Waals surface area contributed by atoms with Crippen LogP contribution in [0.25, 0.3) is 6.08 Å².